The third kappa shape index (κ3) is 5.15. The number of nitrogens with zero attached hydrogens (tertiary/aromatic N) is 2. The Balaban J connectivity index is 1.93. The first-order valence-corrected chi connectivity index (χ1v) is 8.13. The molecule has 1 fully saturated rings. The zero-order chi connectivity index (χ0) is 15.1. The number of nitriles is 1. The van der Waals surface area contributed by atoms with Gasteiger partial charge in [-0.2, -0.15) is 5.26 Å². The lowest BCUT2D eigenvalue weighted by molar-refractivity contribution is 0.137. The number of piperidine rings is 1. The molecule has 3 heteroatoms. The molecule has 1 N–H and O–H groups in total. The summed E-state index contributed by atoms with van der Waals surface area (Å²) >= 11 is 0. The van der Waals surface area contributed by atoms with E-state index in [2.05, 4.69) is 36.2 Å². The second-order valence-electron chi connectivity index (χ2n) is 6.48. The van der Waals surface area contributed by atoms with Gasteiger partial charge in [-0.25, -0.2) is 0 Å². The summed E-state index contributed by atoms with van der Waals surface area (Å²) in [5.74, 6) is 0.703. The van der Waals surface area contributed by atoms with Crippen molar-refractivity contribution in [2.75, 3.05) is 19.6 Å². The molecule has 0 radical (unpaired) electrons. The highest BCUT2D eigenvalue weighted by molar-refractivity contribution is 5.32. The van der Waals surface area contributed by atoms with Crippen LogP contribution in [0.2, 0.25) is 0 Å². The molecule has 3 nitrogen and oxygen atoms in total. The fourth-order valence-electron chi connectivity index (χ4n) is 3.01. The molecule has 2 rings (SSSR count). The van der Waals surface area contributed by atoms with Gasteiger partial charge in [0, 0.05) is 19.1 Å². The Hall–Kier alpha value is -1.37. The van der Waals surface area contributed by atoms with Gasteiger partial charge in [0.15, 0.2) is 0 Å². The van der Waals surface area contributed by atoms with Crippen molar-refractivity contribution >= 4 is 0 Å². The van der Waals surface area contributed by atoms with Crippen molar-refractivity contribution in [3.05, 3.63) is 35.4 Å². The fraction of sp³-hybridized carbons (Fsp3) is 0.611. The lowest BCUT2D eigenvalue weighted by Gasteiger charge is -2.36. The maximum Gasteiger partial charge on any atom is 0.0991 e. The molecule has 0 aliphatic carbocycles. The van der Waals surface area contributed by atoms with Gasteiger partial charge in [-0.05, 0) is 49.5 Å². The summed E-state index contributed by atoms with van der Waals surface area (Å²) in [6.07, 6.45) is 3.91. The van der Waals surface area contributed by atoms with Crippen molar-refractivity contribution in [2.24, 2.45) is 5.92 Å². The summed E-state index contributed by atoms with van der Waals surface area (Å²) in [7, 11) is 0. The average Bonchev–Trinajstić information content (AvgIpc) is 2.49. The smallest absolute Gasteiger partial charge is 0.0991 e. The minimum atomic E-state index is 0.628. The van der Waals surface area contributed by atoms with Crippen LogP contribution >= 0.6 is 0 Å². The van der Waals surface area contributed by atoms with Crippen LogP contribution in [0, 0.1) is 17.2 Å². The highest BCUT2D eigenvalue weighted by atomic mass is 15.2. The van der Waals surface area contributed by atoms with E-state index in [-0.39, 0.29) is 0 Å². The number of hydrogen-bond acceptors (Lipinski definition) is 3. The quantitative estimate of drug-likeness (QED) is 0.872. The Morgan fingerprint density at radius 2 is 2.24 bits per heavy atom. The van der Waals surface area contributed by atoms with Gasteiger partial charge in [0.05, 0.1) is 11.6 Å². The fourth-order valence-corrected chi connectivity index (χ4v) is 3.01. The molecule has 0 bridgehead atoms. The summed E-state index contributed by atoms with van der Waals surface area (Å²) in [4.78, 5) is 2.58. The van der Waals surface area contributed by atoms with Gasteiger partial charge in [-0.15, -0.1) is 0 Å². The molecular formula is C18H27N3. The van der Waals surface area contributed by atoms with E-state index >= 15 is 0 Å². The van der Waals surface area contributed by atoms with Gasteiger partial charge in [-0.1, -0.05) is 32.4 Å². The Kier molecular flexibility index (Phi) is 6.22. The predicted octanol–water partition coefficient (Wildman–Crippen LogP) is 3.16. The van der Waals surface area contributed by atoms with Gasteiger partial charge >= 0.3 is 0 Å². The van der Waals surface area contributed by atoms with E-state index in [9.17, 15) is 0 Å². The van der Waals surface area contributed by atoms with E-state index in [1.807, 2.05) is 18.2 Å². The molecule has 0 spiro atoms. The van der Waals surface area contributed by atoms with E-state index in [0.29, 0.717) is 12.0 Å². The van der Waals surface area contributed by atoms with E-state index in [4.69, 9.17) is 5.26 Å². The highest BCUT2D eigenvalue weighted by Crippen LogP contribution is 2.19. The normalized spacial score (nSPS) is 19.6. The average molecular weight is 285 g/mol. The van der Waals surface area contributed by atoms with Crippen LogP contribution in [-0.4, -0.2) is 30.6 Å². The van der Waals surface area contributed by atoms with E-state index in [0.717, 1.165) is 25.2 Å². The molecule has 1 saturated heterocycles. The van der Waals surface area contributed by atoms with Crippen molar-refractivity contribution < 1.29 is 0 Å². The minimum Gasteiger partial charge on any atom is -0.315 e. The molecule has 0 amide bonds. The third-order valence-corrected chi connectivity index (χ3v) is 4.12. The predicted molar refractivity (Wildman–Crippen MR) is 86.9 cm³/mol. The Morgan fingerprint density at radius 1 is 1.38 bits per heavy atom. The molecule has 0 saturated carbocycles. The molecule has 1 aromatic carbocycles. The lowest BCUT2D eigenvalue weighted by atomic mass is 10.0. The van der Waals surface area contributed by atoms with E-state index in [1.54, 1.807) is 0 Å². The van der Waals surface area contributed by atoms with Crippen molar-refractivity contribution in [2.45, 2.75) is 45.7 Å². The number of nitrogens with one attached hydrogen (secondary N) is 1. The number of hydrogen-bond donors (Lipinski definition) is 1. The van der Waals surface area contributed by atoms with Crippen LogP contribution in [0.15, 0.2) is 24.3 Å². The van der Waals surface area contributed by atoms with Crippen LogP contribution < -0.4 is 5.32 Å². The molecule has 1 heterocycles. The SMILES string of the molecule is CC(C)CNCC1CCCCN1Cc1cccc(C#N)c1. The Bertz CT molecular complexity index is 476. The second-order valence-corrected chi connectivity index (χ2v) is 6.48. The van der Waals surface area contributed by atoms with E-state index in [1.165, 1.54) is 31.4 Å². The highest BCUT2D eigenvalue weighted by Gasteiger charge is 2.22. The van der Waals surface area contributed by atoms with Gasteiger partial charge in [0.2, 0.25) is 0 Å². The van der Waals surface area contributed by atoms with Crippen LogP contribution in [0.25, 0.3) is 0 Å². The molecule has 21 heavy (non-hydrogen) atoms. The lowest BCUT2D eigenvalue weighted by Crippen LogP contribution is -2.45. The van der Waals surface area contributed by atoms with Crippen molar-refractivity contribution in [1.29, 1.82) is 5.26 Å². The zero-order valence-electron chi connectivity index (χ0n) is 13.3. The summed E-state index contributed by atoms with van der Waals surface area (Å²) in [5.41, 5.74) is 2.02. The largest absolute Gasteiger partial charge is 0.315 e. The Morgan fingerprint density at radius 3 is 3.00 bits per heavy atom. The third-order valence-electron chi connectivity index (χ3n) is 4.12. The standard InChI is InChI=1S/C18H27N3/c1-15(2)12-20-13-18-8-3-4-9-21(18)14-17-7-5-6-16(10-17)11-19/h5-7,10,15,18,20H,3-4,8-9,12-14H2,1-2H3. The van der Waals surface area contributed by atoms with Gasteiger partial charge < -0.3 is 5.32 Å². The number of rotatable bonds is 6. The molecule has 1 aromatic rings. The molecule has 1 aliphatic rings. The first-order valence-electron chi connectivity index (χ1n) is 8.13. The van der Waals surface area contributed by atoms with Gasteiger partial charge in [0.25, 0.3) is 0 Å². The maximum absolute atomic E-state index is 9.01. The molecule has 1 unspecified atom stereocenters. The van der Waals surface area contributed by atoms with Crippen LogP contribution in [0.1, 0.15) is 44.2 Å². The Labute approximate surface area is 129 Å². The van der Waals surface area contributed by atoms with E-state index < -0.39 is 0 Å². The topological polar surface area (TPSA) is 39.1 Å². The van der Waals surface area contributed by atoms with Crippen molar-refractivity contribution in [1.82, 2.24) is 10.2 Å². The maximum atomic E-state index is 9.01. The second kappa shape index (κ2) is 8.17. The molecule has 0 aromatic heterocycles. The number of benzene rings is 1. The molecule has 1 aliphatic heterocycles. The zero-order valence-corrected chi connectivity index (χ0v) is 13.3. The van der Waals surface area contributed by atoms with Gasteiger partial charge in [0.1, 0.15) is 0 Å². The van der Waals surface area contributed by atoms with Crippen LogP contribution in [-0.2, 0) is 6.54 Å². The molecule has 114 valence electrons. The monoisotopic (exact) mass is 285 g/mol. The van der Waals surface area contributed by atoms with Crippen molar-refractivity contribution in [3.63, 3.8) is 0 Å². The first kappa shape index (κ1) is 16.0. The summed E-state index contributed by atoms with van der Waals surface area (Å²) in [5, 5.41) is 12.6. The van der Waals surface area contributed by atoms with Crippen LogP contribution in [0.3, 0.4) is 0 Å². The van der Waals surface area contributed by atoms with Crippen molar-refractivity contribution in [3.8, 4) is 6.07 Å². The molecule has 1 atom stereocenters. The summed E-state index contributed by atoms with van der Waals surface area (Å²) in [6.45, 7) is 8.80. The van der Waals surface area contributed by atoms with Crippen LogP contribution in [0.4, 0.5) is 0 Å². The minimum absolute atomic E-state index is 0.628. The first-order chi connectivity index (χ1) is 10.2. The van der Waals surface area contributed by atoms with Gasteiger partial charge in [-0.3, -0.25) is 4.90 Å². The molecular weight excluding hydrogens is 258 g/mol. The number of likely N-dealkylation sites (tertiary alicyclic amines) is 1. The summed E-state index contributed by atoms with van der Waals surface area (Å²) < 4.78 is 0. The summed E-state index contributed by atoms with van der Waals surface area (Å²) in [6, 6.07) is 10.9. The van der Waals surface area contributed by atoms with Crippen LogP contribution in [0.5, 0.6) is 0 Å².